The molecule has 0 radical (unpaired) electrons. The van der Waals surface area contributed by atoms with E-state index in [9.17, 15) is 4.79 Å². The Labute approximate surface area is 119 Å². The van der Waals surface area contributed by atoms with E-state index in [-0.39, 0.29) is 6.03 Å². The normalized spacial score (nSPS) is 11.2. The Morgan fingerprint density at radius 2 is 2.10 bits per heavy atom. The van der Waals surface area contributed by atoms with Crippen LogP contribution in [0.1, 0.15) is 57.0 Å². The average Bonchev–Trinajstić information content (AvgIpc) is 3.05. The molecule has 0 bridgehead atoms. The summed E-state index contributed by atoms with van der Waals surface area (Å²) in [5.41, 5.74) is 3.27. The Bertz CT molecular complexity index is 581. The van der Waals surface area contributed by atoms with Crippen LogP contribution in [0, 0.1) is 0 Å². The zero-order valence-electron chi connectivity index (χ0n) is 12.6. The van der Waals surface area contributed by atoms with Gasteiger partial charge in [-0.1, -0.05) is 34.1 Å². The van der Waals surface area contributed by atoms with Crippen LogP contribution in [-0.4, -0.2) is 25.6 Å². The topological polar surface area (TPSA) is 52.7 Å². The third-order valence-corrected chi connectivity index (χ3v) is 3.38. The summed E-state index contributed by atoms with van der Waals surface area (Å²) in [7, 11) is 0. The van der Waals surface area contributed by atoms with E-state index in [1.165, 1.54) is 14.9 Å². The van der Waals surface area contributed by atoms with Crippen molar-refractivity contribution in [2.24, 2.45) is 0 Å². The second-order valence-electron chi connectivity index (χ2n) is 5.21. The van der Waals surface area contributed by atoms with Crippen molar-refractivity contribution in [3.63, 3.8) is 0 Å². The lowest BCUT2D eigenvalue weighted by Gasteiger charge is -2.06. The largest absolute Gasteiger partial charge is 0.369 e. The van der Waals surface area contributed by atoms with Crippen LogP contribution in [0.3, 0.4) is 0 Å². The van der Waals surface area contributed by atoms with Gasteiger partial charge in [-0.05, 0) is 30.4 Å². The second kappa shape index (κ2) is 6.03. The third-order valence-electron chi connectivity index (χ3n) is 3.38. The maximum atomic E-state index is 12.5. The summed E-state index contributed by atoms with van der Waals surface area (Å²) < 4.78 is 2.85. The molecule has 5 heteroatoms. The van der Waals surface area contributed by atoms with Crippen molar-refractivity contribution in [1.82, 2.24) is 19.6 Å². The van der Waals surface area contributed by atoms with E-state index in [4.69, 9.17) is 0 Å². The van der Waals surface area contributed by atoms with Crippen LogP contribution in [0.15, 0.2) is 18.5 Å². The molecule has 108 valence electrons. The van der Waals surface area contributed by atoms with Gasteiger partial charge in [-0.25, -0.2) is 4.79 Å². The summed E-state index contributed by atoms with van der Waals surface area (Å²) in [6.07, 6.45) is 6.06. The zero-order chi connectivity index (χ0) is 14.7. The molecular formula is C15H22N4O. The van der Waals surface area contributed by atoms with Crippen molar-refractivity contribution in [1.29, 1.82) is 0 Å². The lowest BCUT2D eigenvalue weighted by Crippen LogP contribution is -2.23. The average molecular weight is 274 g/mol. The molecule has 0 atom stereocenters. The van der Waals surface area contributed by atoms with Crippen LogP contribution in [-0.2, 0) is 12.8 Å². The summed E-state index contributed by atoms with van der Waals surface area (Å²) in [5.74, 6) is 0.313. The van der Waals surface area contributed by atoms with Crippen LogP contribution in [0.5, 0.6) is 0 Å². The highest BCUT2D eigenvalue weighted by Gasteiger charge is 2.22. The number of carbonyl (C=O) groups excluding carboxylic acids is 1. The Morgan fingerprint density at radius 1 is 1.35 bits per heavy atom. The van der Waals surface area contributed by atoms with Gasteiger partial charge in [-0.15, -0.1) is 0 Å². The first kappa shape index (κ1) is 14.5. The lowest BCUT2D eigenvalue weighted by atomic mass is 9.99. The Kier molecular flexibility index (Phi) is 4.37. The van der Waals surface area contributed by atoms with Crippen molar-refractivity contribution in [2.75, 3.05) is 0 Å². The van der Waals surface area contributed by atoms with Gasteiger partial charge in [0.2, 0.25) is 0 Å². The van der Waals surface area contributed by atoms with Gasteiger partial charge in [-0.2, -0.15) is 19.6 Å². The highest BCUT2D eigenvalue weighted by atomic mass is 16.2. The summed E-state index contributed by atoms with van der Waals surface area (Å²) in [5, 5.41) is 8.57. The molecule has 0 N–H and O–H groups in total. The summed E-state index contributed by atoms with van der Waals surface area (Å²) in [6, 6.07) is 1.53. The Hall–Kier alpha value is -1.91. The van der Waals surface area contributed by atoms with Gasteiger partial charge < -0.3 is 0 Å². The summed E-state index contributed by atoms with van der Waals surface area (Å²) >= 11 is 0. The first-order valence-corrected chi connectivity index (χ1v) is 7.25. The van der Waals surface area contributed by atoms with Crippen molar-refractivity contribution < 1.29 is 4.79 Å². The van der Waals surface area contributed by atoms with Crippen LogP contribution in [0.4, 0.5) is 4.79 Å². The molecule has 5 nitrogen and oxygen atoms in total. The third kappa shape index (κ3) is 2.53. The fourth-order valence-electron chi connectivity index (χ4n) is 2.49. The van der Waals surface area contributed by atoms with Gasteiger partial charge in [0.05, 0.1) is 11.4 Å². The predicted octanol–water partition coefficient (Wildman–Crippen LogP) is 3.23. The number of aromatic nitrogens is 4. The molecule has 0 aromatic carbocycles. The van der Waals surface area contributed by atoms with E-state index < -0.39 is 0 Å². The first-order chi connectivity index (χ1) is 9.60. The van der Waals surface area contributed by atoms with Gasteiger partial charge in [0.25, 0.3) is 0 Å². The molecule has 0 spiro atoms. The van der Waals surface area contributed by atoms with Gasteiger partial charge in [0.1, 0.15) is 0 Å². The van der Waals surface area contributed by atoms with Crippen LogP contribution in [0.25, 0.3) is 0 Å². The number of nitrogens with zero attached hydrogens (tertiary/aromatic N) is 4. The predicted molar refractivity (Wildman–Crippen MR) is 78.1 cm³/mol. The summed E-state index contributed by atoms with van der Waals surface area (Å²) in [4.78, 5) is 12.5. The number of carbonyl (C=O) groups is 1. The molecule has 0 aliphatic rings. The molecule has 0 aliphatic carbocycles. The molecule has 0 saturated heterocycles. The van der Waals surface area contributed by atoms with E-state index in [0.29, 0.717) is 5.92 Å². The van der Waals surface area contributed by atoms with Gasteiger partial charge in [-0.3, -0.25) is 0 Å². The van der Waals surface area contributed by atoms with Gasteiger partial charge in [0, 0.05) is 12.4 Å². The molecule has 2 aromatic rings. The molecule has 2 rings (SSSR count). The van der Waals surface area contributed by atoms with Crippen LogP contribution < -0.4 is 0 Å². The van der Waals surface area contributed by atoms with E-state index in [1.807, 2.05) is 0 Å². The molecule has 0 aliphatic heterocycles. The molecule has 2 heterocycles. The Balaban J connectivity index is 2.52. The fourth-order valence-corrected chi connectivity index (χ4v) is 2.49. The van der Waals surface area contributed by atoms with Crippen LogP contribution in [0.2, 0.25) is 0 Å². The summed E-state index contributed by atoms with van der Waals surface area (Å²) in [6.45, 7) is 8.44. The van der Waals surface area contributed by atoms with Gasteiger partial charge >= 0.3 is 6.03 Å². The van der Waals surface area contributed by atoms with Crippen molar-refractivity contribution in [3.8, 4) is 0 Å². The second-order valence-corrected chi connectivity index (χ2v) is 5.21. The number of hydrogen-bond acceptors (Lipinski definition) is 3. The Morgan fingerprint density at radius 3 is 2.60 bits per heavy atom. The molecule has 0 amide bonds. The smallest absolute Gasteiger partial charge is 0.244 e. The minimum Gasteiger partial charge on any atom is -0.244 e. The fraction of sp³-hybridized carbons (Fsp3) is 0.533. The number of rotatable bonds is 4. The minimum absolute atomic E-state index is 0.212. The maximum absolute atomic E-state index is 12.5. The molecule has 2 aromatic heterocycles. The van der Waals surface area contributed by atoms with Crippen molar-refractivity contribution in [2.45, 2.75) is 52.9 Å². The van der Waals surface area contributed by atoms with E-state index >= 15 is 0 Å². The SMILES string of the molecule is CCCc1c(C(C)C)nn(C(=O)n2cccn2)c1CC. The minimum atomic E-state index is -0.212. The molecule has 0 unspecified atom stereocenters. The quantitative estimate of drug-likeness (QED) is 0.860. The first-order valence-electron chi connectivity index (χ1n) is 7.25. The molecule has 0 fully saturated rings. The standard InChI is InChI=1S/C15H22N4O/c1-5-8-12-13(6-2)19(17-14(12)11(3)4)15(20)18-10-7-9-16-18/h7,9-11H,5-6,8H2,1-4H3. The highest BCUT2D eigenvalue weighted by molar-refractivity contribution is 5.78. The number of hydrogen-bond donors (Lipinski definition) is 0. The molecular weight excluding hydrogens is 252 g/mol. The maximum Gasteiger partial charge on any atom is 0.369 e. The van der Waals surface area contributed by atoms with Crippen molar-refractivity contribution >= 4 is 6.03 Å². The molecule has 20 heavy (non-hydrogen) atoms. The van der Waals surface area contributed by atoms with Crippen LogP contribution >= 0.6 is 0 Å². The molecule has 0 saturated carbocycles. The highest BCUT2D eigenvalue weighted by Crippen LogP contribution is 2.24. The van der Waals surface area contributed by atoms with Gasteiger partial charge in [0.15, 0.2) is 0 Å². The van der Waals surface area contributed by atoms with E-state index in [2.05, 4.69) is 37.9 Å². The van der Waals surface area contributed by atoms with E-state index in [0.717, 1.165) is 30.7 Å². The zero-order valence-corrected chi connectivity index (χ0v) is 12.6. The lowest BCUT2D eigenvalue weighted by molar-refractivity contribution is 0.237. The van der Waals surface area contributed by atoms with Crippen molar-refractivity contribution in [3.05, 3.63) is 35.4 Å². The monoisotopic (exact) mass is 274 g/mol. The van der Waals surface area contributed by atoms with E-state index in [1.54, 1.807) is 18.5 Å².